The zero-order valence-electron chi connectivity index (χ0n) is 11.8. The van der Waals surface area contributed by atoms with Crippen molar-refractivity contribution in [2.24, 2.45) is 0 Å². The number of benzene rings is 1. The van der Waals surface area contributed by atoms with Crippen LogP contribution in [0.4, 0.5) is 0 Å². The Morgan fingerprint density at radius 3 is 2.82 bits per heavy atom. The van der Waals surface area contributed by atoms with Gasteiger partial charge in [-0.3, -0.25) is 4.79 Å². The van der Waals surface area contributed by atoms with Gasteiger partial charge in [0.2, 0.25) is 0 Å². The molecule has 0 aliphatic carbocycles. The summed E-state index contributed by atoms with van der Waals surface area (Å²) >= 11 is 1.20. The van der Waals surface area contributed by atoms with Crippen molar-refractivity contribution < 1.29 is 14.7 Å². The van der Waals surface area contributed by atoms with E-state index in [2.05, 4.69) is 10.6 Å². The van der Waals surface area contributed by atoms with E-state index >= 15 is 0 Å². The van der Waals surface area contributed by atoms with Crippen molar-refractivity contribution in [2.45, 2.75) is 37.4 Å². The molecule has 114 valence electrons. The molecular weight excluding hydrogens is 300 g/mol. The number of carbonyl (C=O) groups excluding carboxylic acids is 1. The molecule has 1 aromatic carbocycles. The predicted molar refractivity (Wildman–Crippen MR) is 84.6 cm³/mol. The first-order chi connectivity index (χ1) is 10.6. The minimum atomic E-state index is -0.930. The Labute approximate surface area is 131 Å². The smallest absolute Gasteiger partial charge is 0.345 e. The second-order valence-corrected chi connectivity index (χ2v) is 7.12. The number of nitrogens with one attached hydrogen (secondary N) is 2. The number of thiophene rings is 1. The number of aromatic carboxylic acids is 1. The summed E-state index contributed by atoms with van der Waals surface area (Å²) in [6.45, 7) is 0. The molecule has 2 bridgehead atoms. The van der Waals surface area contributed by atoms with Crippen LogP contribution < -0.4 is 10.6 Å². The van der Waals surface area contributed by atoms with Gasteiger partial charge < -0.3 is 15.7 Å². The highest BCUT2D eigenvalue weighted by Gasteiger charge is 2.39. The van der Waals surface area contributed by atoms with Gasteiger partial charge in [0.15, 0.2) is 0 Å². The molecule has 3 heterocycles. The minimum absolute atomic E-state index is 0.0773. The number of carboxylic acids is 1. The SMILES string of the molecule is O=C(N[C@@H]1C[C@H]2CC[C@@H]1N2)c1ccc2cc(C(=O)O)sc2c1. The first kappa shape index (κ1) is 13.7. The standard InChI is InChI=1S/C16H16N2O3S/c19-15(18-12-7-10-3-4-11(12)17-10)9-2-1-8-5-14(16(20)21)22-13(8)6-9/h1-2,5-6,10-12,17H,3-4,7H2,(H,18,19)(H,20,21)/t10-,11+,12-/m1/s1. The van der Waals surface area contributed by atoms with Crippen molar-refractivity contribution in [3.05, 3.63) is 34.7 Å². The summed E-state index contributed by atoms with van der Waals surface area (Å²) in [6.07, 6.45) is 3.33. The van der Waals surface area contributed by atoms with Crippen LogP contribution in [0.3, 0.4) is 0 Å². The van der Waals surface area contributed by atoms with Gasteiger partial charge in [0, 0.05) is 28.4 Å². The Kier molecular flexibility index (Phi) is 3.16. The lowest BCUT2D eigenvalue weighted by Crippen LogP contribution is -2.42. The fraction of sp³-hybridized carbons (Fsp3) is 0.375. The lowest BCUT2D eigenvalue weighted by molar-refractivity contribution is 0.0702. The van der Waals surface area contributed by atoms with Gasteiger partial charge in [-0.2, -0.15) is 0 Å². The Morgan fingerprint density at radius 1 is 1.27 bits per heavy atom. The van der Waals surface area contributed by atoms with Crippen LogP contribution in [0.5, 0.6) is 0 Å². The van der Waals surface area contributed by atoms with Gasteiger partial charge in [-0.05, 0) is 42.8 Å². The Hall–Kier alpha value is -1.92. The lowest BCUT2D eigenvalue weighted by Gasteiger charge is -2.21. The van der Waals surface area contributed by atoms with E-state index in [1.54, 1.807) is 18.2 Å². The van der Waals surface area contributed by atoms with E-state index in [1.165, 1.54) is 17.8 Å². The third-order valence-corrected chi connectivity index (χ3v) is 5.70. The molecule has 2 aliphatic rings. The van der Waals surface area contributed by atoms with Gasteiger partial charge in [-0.15, -0.1) is 11.3 Å². The van der Waals surface area contributed by atoms with Gasteiger partial charge in [-0.1, -0.05) is 6.07 Å². The number of fused-ring (bicyclic) bond motifs is 3. The van der Waals surface area contributed by atoms with Crippen LogP contribution >= 0.6 is 11.3 Å². The van der Waals surface area contributed by atoms with Crippen molar-refractivity contribution in [2.75, 3.05) is 0 Å². The number of amides is 1. The monoisotopic (exact) mass is 316 g/mol. The average Bonchev–Trinajstić information content (AvgIpc) is 3.20. The topological polar surface area (TPSA) is 78.4 Å². The number of carboxylic acid groups (broad SMARTS) is 1. The first-order valence-corrected chi connectivity index (χ1v) is 8.25. The van der Waals surface area contributed by atoms with E-state index in [4.69, 9.17) is 5.11 Å². The Bertz CT molecular complexity index is 770. The fourth-order valence-electron chi connectivity index (χ4n) is 3.51. The number of hydrogen-bond acceptors (Lipinski definition) is 4. The van der Waals surface area contributed by atoms with Crippen molar-refractivity contribution in [1.82, 2.24) is 10.6 Å². The third-order valence-electron chi connectivity index (χ3n) is 4.61. The summed E-state index contributed by atoms with van der Waals surface area (Å²) in [5.41, 5.74) is 0.592. The summed E-state index contributed by atoms with van der Waals surface area (Å²) in [7, 11) is 0. The van der Waals surface area contributed by atoms with Crippen LogP contribution in [-0.2, 0) is 0 Å². The number of rotatable bonds is 3. The molecule has 1 amide bonds. The normalized spacial score (nSPS) is 26.5. The number of hydrogen-bond donors (Lipinski definition) is 3. The maximum atomic E-state index is 12.4. The van der Waals surface area contributed by atoms with E-state index < -0.39 is 5.97 Å². The molecule has 6 heteroatoms. The second-order valence-electron chi connectivity index (χ2n) is 6.03. The summed E-state index contributed by atoms with van der Waals surface area (Å²) in [6, 6.07) is 8.15. The van der Waals surface area contributed by atoms with Crippen molar-refractivity contribution in [1.29, 1.82) is 0 Å². The van der Waals surface area contributed by atoms with E-state index in [0.717, 1.165) is 22.9 Å². The number of carbonyl (C=O) groups is 2. The summed E-state index contributed by atoms with van der Waals surface area (Å²) in [5.74, 6) is -1.01. The molecule has 2 fully saturated rings. The molecule has 0 spiro atoms. The van der Waals surface area contributed by atoms with Crippen LogP contribution in [0.25, 0.3) is 10.1 Å². The predicted octanol–water partition coefficient (Wildman–Crippen LogP) is 2.22. The average molecular weight is 316 g/mol. The van der Waals surface area contributed by atoms with Crippen LogP contribution in [0.15, 0.2) is 24.3 Å². The van der Waals surface area contributed by atoms with Gasteiger partial charge in [0.1, 0.15) is 4.88 Å². The van der Waals surface area contributed by atoms with Crippen molar-refractivity contribution in [3.63, 3.8) is 0 Å². The Balaban J connectivity index is 1.55. The minimum Gasteiger partial charge on any atom is -0.477 e. The first-order valence-electron chi connectivity index (χ1n) is 7.44. The van der Waals surface area contributed by atoms with Gasteiger partial charge in [0.25, 0.3) is 5.91 Å². The van der Waals surface area contributed by atoms with Crippen molar-refractivity contribution >= 4 is 33.3 Å². The van der Waals surface area contributed by atoms with Crippen LogP contribution in [0.1, 0.15) is 39.3 Å². The zero-order valence-corrected chi connectivity index (χ0v) is 12.7. The van der Waals surface area contributed by atoms with Gasteiger partial charge in [0.05, 0.1) is 0 Å². The molecule has 22 heavy (non-hydrogen) atoms. The summed E-state index contributed by atoms with van der Waals surface area (Å²) in [5, 5.41) is 16.5. The van der Waals surface area contributed by atoms with Crippen LogP contribution in [0.2, 0.25) is 0 Å². The quantitative estimate of drug-likeness (QED) is 0.811. The zero-order chi connectivity index (χ0) is 15.3. The van der Waals surface area contributed by atoms with E-state index in [9.17, 15) is 9.59 Å². The molecule has 3 atom stereocenters. The molecule has 0 radical (unpaired) electrons. The lowest BCUT2D eigenvalue weighted by atomic mass is 9.95. The van der Waals surface area contributed by atoms with Crippen LogP contribution in [-0.4, -0.2) is 35.1 Å². The molecule has 2 saturated heterocycles. The van der Waals surface area contributed by atoms with E-state index in [-0.39, 0.29) is 11.9 Å². The molecule has 4 rings (SSSR count). The molecular formula is C16H16N2O3S. The highest BCUT2D eigenvalue weighted by atomic mass is 32.1. The maximum Gasteiger partial charge on any atom is 0.345 e. The molecule has 3 N–H and O–H groups in total. The third kappa shape index (κ3) is 2.28. The van der Waals surface area contributed by atoms with Crippen LogP contribution in [0, 0.1) is 0 Å². The molecule has 2 aromatic rings. The van der Waals surface area contributed by atoms with Gasteiger partial charge >= 0.3 is 5.97 Å². The van der Waals surface area contributed by atoms with Gasteiger partial charge in [-0.25, -0.2) is 4.79 Å². The molecule has 2 aliphatic heterocycles. The molecule has 1 aromatic heterocycles. The molecule has 5 nitrogen and oxygen atoms in total. The fourth-order valence-corrected chi connectivity index (χ4v) is 4.45. The molecule has 0 unspecified atom stereocenters. The summed E-state index contributed by atoms with van der Waals surface area (Å²) < 4.78 is 0.830. The van der Waals surface area contributed by atoms with Crippen molar-refractivity contribution in [3.8, 4) is 0 Å². The largest absolute Gasteiger partial charge is 0.477 e. The maximum absolute atomic E-state index is 12.4. The van der Waals surface area contributed by atoms with E-state index in [1.807, 2.05) is 6.07 Å². The second kappa shape index (κ2) is 5.07. The highest BCUT2D eigenvalue weighted by Crippen LogP contribution is 2.29. The Morgan fingerprint density at radius 2 is 2.14 bits per heavy atom. The highest BCUT2D eigenvalue weighted by molar-refractivity contribution is 7.20. The van der Waals surface area contributed by atoms with E-state index in [0.29, 0.717) is 22.5 Å². The summed E-state index contributed by atoms with van der Waals surface area (Å²) in [4.78, 5) is 23.7. The molecule has 0 saturated carbocycles.